The van der Waals surface area contributed by atoms with Gasteiger partial charge in [0.1, 0.15) is 9.98 Å². The Morgan fingerprint density at radius 3 is 2.70 bits per heavy atom. The van der Waals surface area contributed by atoms with Crippen LogP contribution in [0.4, 0.5) is 5.95 Å². The van der Waals surface area contributed by atoms with Gasteiger partial charge < -0.3 is 5.32 Å². The fraction of sp³-hybridized carbons (Fsp3) is 0.600. The number of rotatable bonds is 3. The zero-order valence-corrected chi connectivity index (χ0v) is 13.5. The maximum Gasteiger partial charge on any atom is 0.225 e. The van der Waals surface area contributed by atoms with Crippen molar-refractivity contribution < 1.29 is 0 Å². The number of halogens is 1. The molecule has 0 bridgehead atoms. The average molecular weight is 310 g/mol. The fourth-order valence-corrected chi connectivity index (χ4v) is 4.00. The number of thiophene rings is 1. The molecule has 1 aliphatic rings. The van der Waals surface area contributed by atoms with Crippen LogP contribution in [-0.2, 0) is 0 Å². The lowest BCUT2D eigenvalue weighted by Gasteiger charge is -2.22. The van der Waals surface area contributed by atoms with Crippen molar-refractivity contribution in [3.05, 3.63) is 16.1 Å². The highest BCUT2D eigenvalue weighted by Crippen LogP contribution is 2.33. The zero-order valence-electron chi connectivity index (χ0n) is 11.9. The van der Waals surface area contributed by atoms with Gasteiger partial charge in [0.05, 0.1) is 0 Å². The molecule has 1 saturated carbocycles. The van der Waals surface area contributed by atoms with E-state index in [2.05, 4.69) is 35.2 Å². The van der Waals surface area contributed by atoms with Crippen molar-refractivity contribution in [1.29, 1.82) is 0 Å². The Kier molecular flexibility index (Phi) is 4.13. The molecule has 0 aliphatic heterocycles. The largest absolute Gasteiger partial charge is 0.351 e. The molecular formula is C15H20ClN3S. The van der Waals surface area contributed by atoms with Crippen molar-refractivity contribution in [2.75, 3.05) is 5.32 Å². The van der Waals surface area contributed by atoms with Crippen LogP contribution in [0.15, 0.2) is 6.07 Å². The second-order valence-corrected chi connectivity index (χ2v) is 7.26. The first-order valence-electron chi connectivity index (χ1n) is 7.37. The lowest BCUT2D eigenvalue weighted by atomic mass is 9.96. The standard InChI is InChI=1S/C15H20ClN3S/c1-9(2)12-8-11-13(16)18-15(19-14(11)20-12)17-10-6-4-3-5-7-10/h8-10H,3-7H2,1-2H3,(H,17,18,19). The number of fused-ring (bicyclic) bond motifs is 1. The molecule has 1 aliphatic carbocycles. The summed E-state index contributed by atoms with van der Waals surface area (Å²) < 4.78 is 0. The molecule has 0 aromatic carbocycles. The molecule has 3 rings (SSSR count). The van der Waals surface area contributed by atoms with Gasteiger partial charge in [-0.1, -0.05) is 44.7 Å². The quantitative estimate of drug-likeness (QED) is 0.791. The van der Waals surface area contributed by atoms with Gasteiger partial charge in [-0.15, -0.1) is 11.3 Å². The molecule has 1 N–H and O–H groups in total. The summed E-state index contributed by atoms with van der Waals surface area (Å²) in [5.74, 6) is 1.19. The molecule has 0 amide bonds. The Bertz CT molecular complexity index is 602. The molecule has 0 atom stereocenters. The van der Waals surface area contributed by atoms with E-state index in [1.807, 2.05) is 0 Å². The lowest BCUT2D eigenvalue weighted by Crippen LogP contribution is -2.23. The summed E-state index contributed by atoms with van der Waals surface area (Å²) in [5, 5.41) is 5.00. The third-order valence-corrected chi connectivity index (χ3v) is 5.49. The fourth-order valence-electron chi connectivity index (χ4n) is 2.68. The molecule has 2 aromatic rings. The van der Waals surface area contributed by atoms with E-state index in [0.717, 1.165) is 10.2 Å². The maximum absolute atomic E-state index is 6.31. The molecule has 108 valence electrons. The van der Waals surface area contributed by atoms with E-state index in [4.69, 9.17) is 11.6 Å². The minimum absolute atomic E-state index is 0.500. The van der Waals surface area contributed by atoms with Crippen molar-refractivity contribution in [1.82, 2.24) is 9.97 Å². The summed E-state index contributed by atoms with van der Waals surface area (Å²) in [7, 11) is 0. The SMILES string of the molecule is CC(C)c1cc2c(Cl)nc(NC3CCCCC3)nc2s1. The predicted molar refractivity (Wildman–Crippen MR) is 87.0 cm³/mol. The topological polar surface area (TPSA) is 37.8 Å². The van der Waals surface area contributed by atoms with Gasteiger partial charge in [0.15, 0.2) is 0 Å². The summed E-state index contributed by atoms with van der Waals surface area (Å²) in [6.07, 6.45) is 6.36. The highest BCUT2D eigenvalue weighted by molar-refractivity contribution is 7.18. The molecule has 5 heteroatoms. The van der Waals surface area contributed by atoms with Crippen LogP contribution in [0.25, 0.3) is 10.2 Å². The Morgan fingerprint density at radius 1 is 1.25 bits per heavy atom. The summed E-state index contributed by atoms with van der Waals surface area (Å²) in [6, 6.07) is 2.62. The third-order valence-electron chi connectivity index (χ3n) is 3.87. The van der Waals surface area contributed by atoms with E-state index in [9.17, 15) is 0 Å². The van der Waals surface area contributed by atoms with Crippen molar-refractivity contribution in [3.8, 4) is 0 Å². The molecule has 1 fully saturated rings. The van der Waals surface area contributed by atoms with Crippen LogP contribution in [-0.4, -0.2) is 16.0 Å². The number of hydrogen-bond donors (Lipinski definition) is 1. The molecule has 2 heterocycles. The highest BCUT2D eigenvalue weighted by atomic mass is 35.5. The molecule has 0 radical (unpaired) electrons. The molecular weight excluding hydrogens is 290 g/mol. The zero-order chi connectivity index (χ0) is 14.1. The minimum Gasteiger partial charge on any atom is -0.351 e. The Morgan fingerprint density at radius 2 is 2.00 bits per heavy atom. The van der Waals surface area contributed by atoms with Gasteiger partial charge in [-0.25, -0.2) is 9.97 Å². The van der Waals surface area contributed by atoms with E-state index in [0.29, 0.717) is 23.1 Å². The van der Waals surface area contributed by atoms with Crippen molar-refractivity contribution >= 4 is 39.1 Å². The van der Waals surface area contributed by atoms with Crippen LogP contribution in [0.2, 0.25) is 5.15 Å². The summed E-state index contributed by atoms with van der Waals surface area (Å²) in [6.45, 7) is 4.38. The first-order chi connectivity index (χ1) is 9.63. The van der Waals surface area contributed by atoms with Gasteiger partial charge in [-0.3, -0.25) is 0 Å². The molecule has 20 heavy (non-hydrogen) atoms. The Hall–Kier alpha value is -0.870. The van der Waals surface area contributed by atoms with E-state index >= 15 is 0 Å². The summed E-state index contributed by atoms with van der Waals surface area (Å²) in [4.78, 5) is 11.4. The normalized spacial score (nSPS) is 17.0. The molecule has 0 saturated heterocycles. The average Bonchev–Trinajstić information content (AvgIpc) is 2.84. The third kappa shape index (κ3) is 2.91. The van der Waals surface area contributed by atoms with Gasteiger partial charge in [0.25, 0.3) is 0 Å². The second kappa shape index (κ2) is 5.86. The van der Waals surface area contributed by atoms with Gasteiger partial charge in [-0.05, 0) is 24.8 Å². The molecule has 3 nitrogen and oxygen atoms in total. The maximum atomic E-state index is 6.31. The number of aromatic nitrogens is 2. The van der Waals surface area contributed by atoms with Crippen LogP contribution in [0.1, 0.15) is 56.7 Å². The van der Waals surface area contributed by atoms with E-state index in [-0.39, 0.29) is 0 Å². The molecule has 2 aromatic heterocycles. The van der Waals surface area contributed by atoms with Gasteiger partial charge >= 0.3 is 0 Å². The Balaban J connectivity index is 1.88. The Labute approximate surface area is 128 Å². The summed E-state index contributed by atoms with van der Waals surface area (Å²) in [5.41, 5.74) is 0. The first kappa shape index (κ1) is 14.1. The van der Waals surface area contributed by atoms with Gasteiger partial charge in [-0.2, -0.15) is 0 Å². The smallest absolute Gasteiger partial charge is 0.225 e. The first-order valence-corrected chi connectivity index (χ1v) is 8.56. The van der Waals surface area contributed by atoms with Crippen LogP contribution in [0.5, 0.6) is 0 Å². The van der Waals surface area contributed by atoms with Crippen molar-refractivity contribution in [2.24, 2.45) is 0 Å². The lowest BCUT2D eigenvalue weighted by molar-refractivity contribution is 0.461. The molecule has 0 unspecified atom stereocenters. The second-order valence-electron chi connectivity index (χ2n) is 5.84. The van der Waals surface area contributed by atoms with Crippen LogP contribution in [0.3, 0.4) is 0 Å². The number of nitrogens with one attached hydrogen (secondary N) is 1. The van der Waals surface area contributed by atoms with E-state index in [1.165, 1.54) is 37.0 Å². The number of hydrogen-bond acceptors (Lipinski definition) is 4. The number of nitrogens with zero attached hydrogens (tertiary/aromatic N) is 2. The molecule has 0 spiro atoms. The summed E-state index contributed by atoms with van der Waals surface area (Å²) >= 11 is 8.03. The monoisotopic (exact) mass is 309 g/mol. The van der Waals surface area contributed by atoms with Crippen molar-refractivity contribution in [3.63, 3.8) is 0 Å². The van der Waals surface area contributed by atoms with Gasteiger partial charge in [0.2, 0.25) is 5.95 Å². The number of anilines is 1. The van der Waals surface area contributed by atoms with Crippen LogP contribution >= 0.6 is 22.9 Å². The van der Waals surface area contributed by atoms with E-state index in [1.54, 1.807) is 11.3 Å². The van der Waals surface area contributed by atoms with Crippen molar-refractivity contribution in [2.45, 2.75) is 57.9 Å². The van der Waals surface area contributed by atoms with Crippen LogP contribution < -0.4 is 5.32 Å². The van der Waals surface area contributed by atoms with E-state index < -0.39 is 0 Å². The predicted octanol–water partition coefficient (Wildman–Crippen LogP) is 5.21. The minimum atomic E-state index is 0.500. The van der Waals surface area contributed by atoms with Gasteiger partial charge in [0, 0.05) is 16.3 Å². The highest BCUT2D eigenvalue weighted by Gasteiger charge is 2.16. The van der Waals surface area contributed by atoms with Crippen LogP contribution in [0, 0.1) is 0 Å².